The van der Waals surface area contributed by atoms with E-state index in [4.69, 9.17) is 9.15 Å². The summed E-state index contributed by atoms with van der Waals surface area (Å²) in [5, 5.41) is 0.726. The van der Waals surface area contributed by atoms with Crippen LogP contribution in [0.15, 0.2) is 45.6 Å². The molecule has 1 heterocycles. The van der Waals surface area contributed by atoms with Crippen LogP contribution in [-0.2, 0) is 22.6 Å². The lowest BCUT2D eigenvalue weighted by atomic mass is 10.0. The summed E-state index contributed by atoms with van der Waals surface area (Å²) >= 11 is 0. The number of aryl methyl sites for hydroxylation is 2. The van der Waals surface area contributed by atoms with E-state index in [1.807, 2.05) is 0 Å². The van der Waals surface area contributed by atoms with Gasteiger partial charge in [0.1, 0.15) is 23.8 Å². The number of rotatable bonds is 5. The summed E-state index contributed by atoms with van der Waals surface area (Å²) in [6.45, 7) is 3.74. The van der Waals surface area contributed by atoms with E-state index in [0.29, 0.717) is 28.0 Å². The van der Waals surface area contributed by atoms with Gasteiger partial charge in [0.05, 0.1) is 19.1 Å². The first kappa shape index (κ1) is 18.6. The van der Waals surface area contributed by atoms with Gasteiger partial charge in [0.2, 0.25) is 0 Å². The Bertz CT molecular complexity index is 1070. The number of benzene rings is 2. The SMILES string of the molecule is COC(=O)Cc1c(C)c2ccc(OCc3cccc(F)c3)c(C)c2oc1=O. The van der Waals surface area contributed by atoms with Gasteiger partial charge in [-0.15, -0.1) is 0 Å². The molecule has 0 aliphatic heterocycles. The molecular formula is C21H19FO5. The summed E-state index contributed by atoms with van der Waals surface area (Å²) in [4.78, 5) is 23.9. The Hall–Kier alpha value is -3.15. The highest BCUT2D eigenvalue weighted by atomic mass is 19.1. The third-order valence-electron chi connectivity index (χ3n) is 4.49. The minimum absolute atomic E-state index is 0.141. The molecule has 140 valence electrons. The molecule has 0 bridgehead atoms. The molecule has 3 aromatic rings. The molecule has 2 aromatic carbocycles. The molecule has 0 aliphatic carbocycles. The molecule has 0 N–H and O–H groups in total. The van der Waals surface area contributed by atoms with Crippen LogP contribution >= 0.6 is 0 Å². The van der Waals surface area contributed by atoms with Crippen LogP contribution in [0.4, 0.5) is 4.39 Å². The lowest BCUT2D eigenvalue weighted by Gasteiger charge is -2.13. The van der Waals surface area contributed by atoms with Crippen molar-refractivity contribution >= 4 is 16.9 Å². The smallest absolute Gasteiger partial charge is 0.340 e. The minimum Gasteiger partial charge on any atom is -0.488 e. The van der Waals surface area contributed by atoms with Gasteiger partial charge in [-0.3, -0.25) is 4.79 Å². The summed E-state index contributed by atoms with van der Waals surface area (Å²) in [6, 6.07) is 9.71. The average Bonchev–Trinajstić information content (AvgIpc) is 2.65. The molecule has 0 amide bonds. The zero-order valence-electron chi connectivity index (χ0n) is 15.3. The number of hydrogen-bond donors (Lipinski definition) is 0. The van der Waals surface area contributed by atoms with Crippen molar-refractivity contribution in [1.82, 2.24) is 0 Å². The van der Waals surface area contributed by atoms with Gasteiger partial charge in [-0.2, -0.15) is 0 Å². The third-order valence-corrected chi connectivity index (χ3v) is 4.49. The quantitative estimate of drug-likeness (QED) is 0.504. The molecule has 0 atom stereocenters. The second kappa shape index (κ2) is 7.61. The topological polar surface area (TPSA) is 65.7 Å². The van der Waals surface area contributed by atoms with Crippen LogP contribution in [0.1, 0.15) is 22.3 Å². The van der Waals surface area contributed by atoms with E-state index in [2.05, 4.69) is 4.74 Å². The number of ether oxygens (including phenoxy) is 2. The van der Waals surface area contributed by atoms with Gasteiger partial charge in [-0.1, -0.05) is 12.1 Å². The van der Waals surface area contributed by atoms with E-state index in [1.54, 1.807) is 38.1 Å². The maximum absolute atomic E-state index is 13.3. The van der Waals surface area contributed by atoms with Gasteiger partial charge in [0, 0.05) is 10.9 Å². The first-order chi connectivity index (χ1) is 12.9. The van der Waals surface area contributed by atoms with Crippen molar-refractivity contribution in [2.75, 3.05) is 7.11 Å². The number of carbonyl (C=O) groups is 1. The Morgan fingerprint density at radius 2 is 1.93 bits per heavy atom. The summed E-state index contributed by atoms with van der Waals surface area (Å²) < 4.78 is 29.2. The summed E-state index contributed by atoms with van der Waals surface area (Å²) in [5.74, 6) is -0.294. The lowest BCUT2D eigenvalue weighted by Crippen LogP contribution is -2.16. The molecule has 0 unspecified atom stereocenters. The van der Waals surface area contributed by atoms with Gasteiger partial charge in [-0.05, 0) is 49.2 Å². The van der Waals surface area contributed by atoms with Crippen molar-refractivity contribution in [1.29, 1.82) is 0 Å². The number of esters is 1. The summed E-state index contributed by atoms with van der Waals surface area (Å²) in [5.41, 5.74) is 2.14. The highest BCUT2D eigenvalue weighted by molar-refractivity contribution is 5.86. The highest BCUT2D eigenvalue weighted by Gasteiger charge is 2.17. The normalized spacial score (nSPS) is 10.8. The molecule has 0 spiro atoms. The minimum atomic E-state index is -0.573. The second-order valence-corrected chi connectivity index (χ2v) is 6.23. The fourth-order valence-corrected chi connectivity index (χ4v) is 2.94. The molecule has 0 fully saturated rings. The van der Waals surface area contributed by atoms with Crippen molar-refractivity contribution in [2.45, 2.75) is 26.9 Å². The molecule has 1 aromatic heterocycles. The molecule has 0 aliphatic rings. The van der Waals surface area contributed by atoms with Crippen molar-refractivity contribution in [3.63, 3.8) is 0 Å². The van der Waals surface area contributed by atoms with Crippen molar-refractivity contribution in [3.8, 4) is 5.75 Å². The molecule has 6 heteroatoms. The van der Waals surface area contributed by atoms with Crippen molar-refractivity contribution in [3.05, 3.63) is 74.9 Å². The fraction of sp³-hybridized carbons (Fsp3) is 0.238. The van der Waals surface area contributed by atoms with E-state index in [-0.39, 0.29) is 24.4 Å². The standard InChI is InChI=1S/C21H19FO5/c1-12-16-7-8-18(26-11-14-5-4-6-15(22)9-14)13(2)20(16)27-21(24)17(12)10-19(23)25-3/h4-9H,10-11H2,1-3H3. The van der Waals surface area contributed by atoms with Crippen LogP contribution in [0, 0.1) is 19.7 Å². The number of carbonyl (C=O) groups excluding carboxylic acids is 1. The van der Waals surface area contributed by atoms with E-state index in [1.165, 1.54) is 19.2 Å². The average molecular weight is 370 g/mol. The van der Waals surface area contributed by atoms with Crippen LogP contribution in [0.5, 0.6) is 5.75 Å². The van der Waals surface area contributed by atoms with E-state index < -0.39 is 11.6 Å². The lowest BCUT2D eigenvalue weighted by molar-refractivity contribution is -0.139. The van der Waals surface area contributed by atoms with Crippen LogP contribution in [-0.4, -0.2) is 13.1 Å². The van der Waals surface area contributed by atoms with Gasteiger partial charge in [-0.25, -0.2) is 9.18 Å². The number of methoxy groups -OCH3 is 1. The summed E-state index contributed by atoms with van der Waals surface area (Å²) in [7, 11) is 1.27. The molecule has 0 radical (unpaired) electrons. The van der Waals surface area contributed by atoms with Gasteiger partial charge in [0.15, 0.2) is 0 Å². The number of hydrogen-bond acceptors (Lipinski definition) is 5. The first-order valence-electron chi connectivity index (χ1n) is 8.40. The Labute approximate surface area is 155 Å². The molecule has 5 nitrogen and oxygen atoms in total. The Kier molecular flexibility index (Phi) is 5.26. The van der Waals surface area contributed by atoms with Gasteiger partial charge < -0.3 is 13.9 Å². The Morgan fingerprint density at radius 3 is 2.63 bits per heavy atom. The zero-order chi connectivity index (χ0) is 19.6. The number of fused-ring (bicyclic) bond motifs is 1. The second-order valence-electron chi connectivity index (χ2n) is 6.23. The van der Waals surface area contributed by atoms with Crippen LogP contribution in [0.25, 0.3) is 11.0 Å². The number of halogens is 1. The van der Waals surface area contributed by atoms with Gasteiger partial charge >= 0.3 is 11.6 Å². The summed E-state index contributed by atoms with van der Waals surface area (Å²) in [6.07, 6.45) is -0.141. The zero-order valence-corrected chi connectivity index (χ0v) is 15.3. The van der Waals surface area contributed by atoms with E-state index in [9.17, 15) is 14.0 Å². The van der Waals surface area contributed by atoms with E-state index in [0.717, 1.165) is 5.39 Å². The van der Waals surface area contributed by atoms with Crippen molar-refractivity contribution in [2.24, 2.45) is 0 Å². The Balaban J connectivity index is 1.96. The molecule has 0 saturated heterocycles. The predicted octanol–water partition coefficient (Wildman–Crippen LogP) is 3.84. The monoisotopic (exact) mass is 370 g/mol. The van der Waals surface area contributed by atoms with Crippen LogP contribution < -0.4 is 10.4 Å². The van der Waals surface area contributed by atoms with Crippen molar-refractivity contribution < 1.29 is 23.1 Å². The van der Waals surface area contributed by atoms with Crippen LogP contribution in [0.2, 0.25) is 0 Å². The molecule has 27 heavy (non-hydrogen) atoms. The maximum atomic E-state index is 13.3. The predicted molar refractivity (Wildman–Crippen MR) is 98.4 cm³/mol. The highest BCUT2D eigenvalue weighted by Crippen LogP contribution is 2.30. The van der Waals surface area contributed by atoms with Crippen LogP contribution in [0.3, 0.4) is 0 Å². The van der Waals surface area contributed by atoms with E-state index >= 15 is 0 Å². The largest absolute Gasteiger partial charge is 0.488 e. The molecule has 3 rings (SSSR count). The molecular weight excluding hydrogens is 351 g/mol. The first-order valence-corrected chi connectivity index (χ1v) is 8.40. The van der Waals surface area contributed by atoms with Gasteiger partial charge in [0.25, 0.3) is 0 Å². The third kappa shape index (κ3) is 3.84. The maximum Gasteiger partial charge on any atom is 0.340 e. The molecule has 0 saturated carbocycles. The Morgan fingerprint density at radius 1 is 1.15 bits per heavy atom. The fourth-order valence-electron chi connectivity index (χ4n) is 2.94.